The molecule has 13 heavy (non-hydrogen) atoms. The van der Waals surface area contributed by atoms with Gasteiger partial charge in [0.25, 0.3) is 0 Å². The Morgan fingerprint density at radius 1 is 1.31 bits per heavy atom. The number of hydrogen-bond acceptors (Lipinski definition) is 1. The van der Waals surface area contributed by atoms with Gasteiger partial charge in [0, 0.05) is 17.4 Å². The summed E-state index contributed by atoms with van der Waals surface area (Å²) in [7, 11) is 0. The molecule has 0 aliphatic heterocycles. The Kier molecular flexibility index (Phi) is 2.16. The summed E-state index contributed by atoms with van der Waals surface area (Å²) in [5.41, 5.74) is 11.6. The maximum absolute atomic E-state index is 5.96. The third kappa shape index (κ3) is 1.39. The molecule has 1 atom stereocenters. The molecule has 0 saturated heterocycles. The zero-order valence-electron chi connectivity index (χ0n) is 8.48. The smallest absolute Gasteiger partial charge is 0.0286 e. The minimum absolute atomic E-state index is 0.179. The fourth-order valence-corrected chi connectivity index (χ4v) is 2.48. The molecule has 0 amide bonds. The topological polar surface area (TPSA) is 41.8 Å². The molecule has 2 rings (SSSR count). The van der Waals surface area contributed by atoms with E-state index in [1.807, 2.05) is 0 Å². The molecule has 1 aliphatic rings. The maximum Gasteiger partial charge on any atom is 0.0286 e. The zero-order chi connectivity index (χ0) is 9.42. The number of rotatable bonds is 1. The summed E-state index contributed by atoms with van der Waals surface area (Å²) >= 11 is 0. The van der Waals surface area contributed by atoms with Gasteiger partial charge in [0.05, 0.1) is 0 Å². The van der Waals surface area contributed by atoms with Crippen LogP contribution in [0.4, 0.5) is 0 Å². The quantitative estimate of drug-likeness (QED) is 0.680. The first-order valence-corrected chi connectivity index (χ1v) is 5.16. The zero-order valence-corrected chi connectivity index (χ0v) is 8.48. The van der Waals surface area contributed by atoms with Crippen LogP contribution in [-0.2, 0) is 12.8 Å². The Morgan fingerprint density at radius 2 is 2.00 bits per heavy atom. The summed E-state index contributed by atoms with van der Waals surface area (Å²) in [5, 5.41) is 0. The number of hydrogen-bond donors (Lipinski definition) is 2. The number of nitrogens with two attached hydrogens (primary N) is 1. The van der Waals surface area contributed by atoms with Gasteiger partial charge < -0.3 is 10.7 Å². The monoisotopic (exact) mass is 178 g/mol. The predicted octanol–water partition coefficient (Wildman–Crippen LogP) is 2.22. The van der Waals surface area contributed by atoms with Crippen molar-refractivity contribution in [2.45, 2.75) is 45.6 Å². The summed E-state index contributed by atoms with van der Waals surface area (Å²) in [5.74, 6) is 0. The largest absolute Gasteiger partial charge is 0.362 e. The molecule has 2 heteroatoms. The van der Waals surface area contributed by atoms with Crippen molar-refractivity contribution >= 4 is 0 Å². The van der Waals surface area contributed by atoms with Crippen LogP contribution in [0.15, 0.2) is 0 Å². The number of aryl methyl sites for hydroxylation is 2. The van der Waals surface area contributed by atoms with Crippen molar-refractivity contribution in [3.63, 3.8) is 0 Å². The second kappa shape index (κ2) is 3.18. The van der Waals surface area contributed by atoms with Crippen LogP contribution >= 0.6 is 0 Å². The average Bonchev–Trinajstić information content (AvgIpc) is 2.39. The van der Waals surface area contributed by atoms with Gasteiger partial charge in [-0.2, -0.15) is 0 Å². The molecule has 1 unspecified atom stereocenters. The van der Waals surface area contributed by atoms with E-state index in [0.717, 1.165) is 0 Å². The summed E-state index contributed by atoms with van der Waals surface area (Å²) in [4.78, 5) is 3.47. The molecule has 0 fully saturated rings. The van der Waals surface area contributed by atoms with Crippen LogP contribution in [0, 0.1) is 6.92 Å². The van der Waals surface area contributed by atoms with E-state index in [-0.39, 0.29) is 6.04 Å². The molecule has 1 aromatic rings. The molecular weight excluding hydrogens is 160 g/mol. The number of aromatic amines is 1. The van der Waals surface area contributed by atoms with Crippen LogP contribution in [0.1, 0.15) is 48.3 Å². The van der Waals surface area contributed by atoms with Crippen LogP contribution in [0.3, 0.4) is 0 Å². The Hall–Kier alpha value is -0.760. The third-order valence-electron chi connectivity index (χ3n) is 2.99. The van der Waals surface area contributed by atoms with Crippen LogP contribution in [0.2, 0.25) is 0 Å². The first-order valence-electron chi connectivity index (χ1n) is 5.16. The Balaban J connectivity index is 2.48. The molecule has 72 valence electrons. The van der Waals surface area contributed by atoms with Gasteiger partial charge in [0.15, 0.2) is 0 Å². The van der Waals surface area contributed by atoms with E-state index in [1.165, 1.54) is 48.2 Å². The van der Waals surface area contributed by atoms with E-state index in [1.54, 1.807) is 0 Å². The molecular formula is C11H18N2. The van der Waals surface area contributed by atoms with Gasteiger partial charge in [0.1, 0.15) is 0 Å². The molecule has 0 spiro atoms. The average molecular weight is 178 g/mol. The van der Waals surface area contributed by atoms with E-state index in [0.29, 0.717) is 0 Å². The molecule has 0 saturated carbocycles. The van der Waals surface area contributed by atoms with E-state index in [9.17, 15) is 0 Å². The Morgan fingerprint density at radius 3 is 2.69 bits per heavy atom. The number of nitrogens with one attached hydrogen (secondary N) is 1. The maximum atomic E-state index is 5.96. The lowest BCUT2D eigenvalue weighted by molar-refractivity contribution is 0.666. The lowest BCUT2D eigenvalue weighted by Crippen LogP contribution is -2.10. The van der Waals surface area contributed by atoms with E-state index >= 15 is 0 Å². The first-order chi connectivity index (χ1) is 6.20. The highest BCUT2D eigenvalue weighted by molar-refractivity contribution is 5.39. The molecule has 0 bridgehead atoms. The van der Waals surface area contributed by atoms with Crippen molar-refractivity contribution in [1.29, 1.82) is 0 Å². The van der Waals surface area contributed by atoms with E-state index in [4.69, 9.17) is 5.73 Å². The first kappa shape index (κ1) is 8.82. The van der Waals surface area contributed by atoms with Gasteiger partial charge in [-0.1, -0.05) is 0 Å². The van der Waals surface area contributed by atoms with Crippen LogP contribution in [0.25, 0.3) is 0 Å². The van der Waals surface area contributed by atoms with E-state index < -0.39 is 0 Å². The Labute approximate surface area is 79.5 Å². The van der Waals surface area contributed by atoms with Gasteiger partial charge in [0.2, 0.25) is 0 Å². The van der Waals surface area contributed by atoms with Crippen LogP contribution in [-0.4, -0.2) is 4.98 Å². The number of H-pyrrole nitrogens is 1. The van der Waals surface area contributed by atoms with Crippen LogP contribution in [0.5, 0.6) is 0 Å². The van der Waals surface area contributed by atoms with Gasteiger partial charge in [-0.3, -0.25) is 0 Å². The van der Waals surface area contributed by atoms with Gasteiger partial charge in [-0.25, -0.2) is 0 Å². The normalized spacial score (nSPS) is 18.4. The second-order valence-corrected chi connectivity index (χ2v) is 4.12. The molecule has 2 nitrogen and oxygen atoms in total. The minimum atomic E-state index is 0.179. The molecule has 1 heterocycles. The van der Waals surface area contributed by atoms with Crippen LogP contribution < -0.4 is 5.73 Å². The third-order valence-corrected chi connectivity index (χ3v) is 2.99. The van der Waals surface area contributed by atoms with E-state index in [2.05, 4.69) is 18.8 Å². The summed E-state index contributed by atoms with van der Waals surface area (Å²) in [6.07, 6.45) is 5.08. The summed E-state index contributed by atoms with van der Waals surface area (Å²) < 4.78 is 0. The molecule has 3 N–H and O–H groups in total. The SMILES string of the molecule is Cc1[nH]c2c(c1C(C)N)CCCC2. The highest BCUT2D eigenvalue weighted by atomic mass is 14.8. The highest BCUT2D eigenvalue weighted by Gasteiger charge is 2.19. The summed E-state index contributed by atoms with van der Waals surface area (Å²) in [6, 6.07) is 0.179. The Bertz CT molecular complexity index is 310. The molecule has 1 aromatic heterocycles. The fourth-order valence-electron chi connectivity index (χ4n) is 2.48. The lowest BCUT2D eigenvalue weighted by atomic mass is 9.92. The van der Waals surface area contributed by atoms with Crippen molar-refractivity contribution in [1.82, 2.24) is 4.98 Å². The van der Waals surface area contributed by atoms with Crippen molar-refractivity contribution in [2.24, 2.45) is 5.73 Å². The van der Waals surface area contributed by atoms with Gasteiger partial charge in [-0.05, 0) is 50.7 Å². The highest BCUT2D eigenvalue weighted by Crippen LogP contribution is 2.29. The summed E-state index contributed by atoms with van der Waals surface area (Å²) in [6.45, 7) is 4.21. The van der Waals surface area contributed by atoms with Crippen molar-refractivity contribution in [2.75, 3.05) is 0 Å². The second-order valence-electron chi connectivity index (χ2n) is 4.12. The minimum Gasteiger partial charge on any atom is -0.362 e. The lowest BCUT2D eigenvalue weighted by Gasteiger charge is -2.14. The van der Waals surface area contributed by atoms with Gasteiger partial charge >= 0.3 is 0 Å². The fraction of sp³-hybridized carbons (Fsp3) is 0.636. The standard InChI is InChI=1S/C11H18N2/c1-7(12)11-8(2)13-10-6-4-3-5-9(10)11/h7,13H,3-6,12H2,1-2H3. The number of fused-ring (bicyclic) bond motifs is 1. The molecule has 0 aromatic carbocycles. The van der Waals surface area contributed by atoms with Gasteiger partial charge in [-0.15, -0.1) is 0 Å². The van der Waals surface area contributed by atoms with Crippen molar-refractivity contribution < 1.29 is 0 Å². The molecule has 1 aliphatic carbocycles. The van der Waals surface area contributed by atoms with Crippen molar-refractivity contribution in [3.8, 4) is 0 Å². The molecule has 0 radical (unpaired) electrons. The predicted molar refractivity (Wildman–Crippen MR) is 54.8 cm³/mol. The number of aromatic nitrogens is 1. The van der Waals surface area contributed by atoms with Crippen molar-refractivity contribution in [3.05, 3.63) is 22.5 Å².